The molecule has 1 N–H and O–H groups in total. The van der Waals surface area contributed by atoms with Gasteiger partial charge in [-0.25, -0.2) is 4.79 Å². The van der Waals surface area contributed by atoms with Gasteiger partial charge in [-0.3, -0.25) is 0 Å². The Balaban J connectivity index is 3.23. The first-order chi connectivity index (χ1) is 6.65. The summed E-state index contributed by atoms with van der Waals surface area (Å²) >= 11 is 5.64. The van der Waals surface area contributed by atoms with Crippen molar-refractivity contribution in [2.24, 2.45) is 0 Å². The maximum atomic E-state index is 10.8. The zero-order valence-corrected chi connectivity index (χ0v) is 7.82. The molecule has 0 aliphatic rings. The van der Waals surface area contributed by atoms with Crippen LogP contribution < -0.4 is 0 Å². The second kappa shape index (κ2) is 4.45. The molecular formula is C10H6ClNO2. The summed E-state index contributed by atoms with van der Waals surface area (Å²) in [4.78, 5) is 10.8. The summed E-state index contributed by atoms with van der Waals surface area (Å²) in [6, 6.07) is 6.27. The first-order valence-corrected chi connectivity index (χ1v) is 4.12. The number of allylic oxidation sites excluding steroid dienone is 1. The fourth-order valence-corrected chi connectivity index (χ4v) is 1.16. The third kappa shape index (κ3) is 2.35. The minimum atomic E-state index is -1.06. The number of nitrogens with zero attached hydrogens (tertiary/aromatic N) is 1. The normalized spacial score (nSPS) is 10.0. The Morgan fingerprint density at radius 2 is 2.29 bits per heavy atom. The van der Waals surface area contributed by atoms with E-state index in [9.17, 15) is 4.79 Å². The van der Waals surface area contributed by atoms with Crippen molar-refractivity contribution in [3.05, 3.63) is 40.4 Å². The van der Waals surface area contributed by atoms with E-state index in [0.29, 0.717) is 10.6 Å². The molecule has 0 aliphatic carbocycles. The molecule has 1 aromatic rings. The van der Waals surface area contributed by atoms with E-state index in [1.165, 1.54) is 18.2 Å². The number of carbonyl (C=O) groups is 1. The molecule has 1 aromatic carbocycles. The van der Waals surface area contributed by atoms with Gasteiger partial charge in [-0.1, -0.05) is 17.7 Å². The third-order valence-electron chi connectivity index (χ3n) is 1.58. The molecule has 0 fully saturated rings. The van der Waals surface area contributed by atoms with Gasteiger partial charge in [0, 0.05) is 11.1 Å². The van der Waals surface area contributed by atoms with Crippen LogP contribution in [0.3, 0.4) is 0 Å². The summed E-state index contributed by atoms with van der Waals surface area (Å²) in [5.41, 5.74) is 0.549. The Morgan fingerprint density at radius 1 is 1.57 bits per heavy atom. The molecule has 0 spiro atoms. The lowest BCUT2D eigenvalue weighted by molar-refractivity contribution is 0.0696. The summed E-state index contributed by atoms with van der Waals surface area (Å²) in [5, 5.41) is 17.5. The highest BCUT2D eigenvalue weighted by atomic mass is 35.5. The number of carboxylic acid groups (broad SMARTS) is 1. The van der Waals surface area contributed by atoms with Crippen molar-refractivity contribution in [2.75, 3.05) is 0 Å². The van der Waals surface area contributed by atoms with E-state index < -0.39 is 5.97 Å². The first-order valence-electron chi connectivity index (χ1n) is 3.74. The second-order valence-corrected chi connectivity index (χ2v) is 2.94. The molecule has 14 heavy (non-hydrogen) atoms. The van der Waals surface area contributed by atoms with E-state index >= 15 is 0 Å². The number of rotatable bonds is 2. The molecule has 0 heterocycles. The average Bonchev–Trinajstić information content (AvgIpc) is 2.15. The van der Waals surface area contributed by atoms with Crippen molar-refractivity contribution in [1.82, 2.24) is 0 Å². The van der Waals surface area contributed by atoms with E-state index in [4.69, 9.17) is 22.0 Å². The molecule has 0 saturated carbocycles. The quantitative estimate of drug-likeness (QED) is 0.759. The Hall–Kier alpha value is -1.79. The van der Waals surface area contributed by atoms with Gasteiger partial charge in [0.1, 0.15) is 0 Å². The average molecular weight is 208 g/mol. The van der Waals surface area contributed by atoms with E-state index in [1.54, 1.807) is 18.2 Å². The predicted molar refractivity (Wildman–Crippen MR) is 53.1 cm³/mol. The van der Waals surface area contributed by atoms with Crippen molar-refractivity contribution in [2.45, 2.75) is 0 Å². The summed E-state index contributed by atoms with van der Waals surface area (Å²) in [5.74, 6) is -1.06. The van der Waals surface area contributed by atoms with Crippen LogP contribution in [0.5, 0.6) is 0 Å². The van der Waals surface area contributed by atoms with Gasteiger partial charge in [-0.2, -0.15) is 5.26 Å². The van der Waals surface area contributed by atoms with Crippen molar-refractivity contribution >= 4 is 23.6 Å². The van der Waals surface area contributed by atoms with E-state index in [2.05, 4.69) is 0 Å². The van der Waals surface area contributed by atoms with Gasteiger partial charge >= 0.3 is 5.97 Å². The van der Waals surface area contributed by atoms with Gasteiger partial charge in [-0.15, -0.1) is 0 Å². The highest BCUT2D eigenvalue weighted by Crippen LogP contribution is 2.17. The molecule has 0 aromatic heterocycles. The summed E-state index contributed by atoms with van der Waals surface area (Å²) < 4.78 is 0. The molecular weight excluding hydrogens is 202 g/mol. The van der Waals surface area contributed by atoms with Crippen molar-refractivity contribution in [1.29, 1.82) is 5.26 Å². The van der Waals surface area contributed by atoms with Crippen LogP contribution >= 0.6 is 11.6 Å². The number of hydrogen-bond donors (Lipinski definition) is 1. The van der Waals surface area contributed by atoms with E-state index in [-0.39, 0.29) is 5.56 Å². The summed E-state index contributed by atoms with van der Waals surface area (Å²) in [7, 11) is 0. The smallest absolute Gasteiger partial charge is 0.336 e. The molecule has 0 radical (unpaired) electrons. The van der Waals surface area contributed by atoms with Gasteiger partial charge in [0.2, 0.25) is 0 Å². The standard InChI is InChI=1S/C10H6ClNO2/c11-8-4-3-7(2-1-5-12)9(6-8)10(13)14/h1-4,6H,(H,13,14). The van der Waals surface area contributed by atoms with Crippen LogP contribution in [-0.2, 0) is 0 Å². The van der Waals surface area contributed by atoms with Crippen molar-refractivity contribution < 1.29 is 9.90 Å². The molecule has 1 rings (SSSR count). The SMILES string of the molecule is N#CC=Cc1ccc(Cl)cc1C(=O)O. The second-order valence-electron chi connectivity index (χ2n) is 2.50. The Morgan fingerprint density at radius 3 is 2.86 bits per heavy atom. The van der Waals surface area contributed by atoms with Gasteiger partial charge in [0.25, 0.3) is 0 Å². The molecule has 0 bridgehead atoms. The molecule has 0 amide bonds. The zero-order valence-electron chi connectivity index (χ0n) is 7.07. The topological polar surface area (TPSA) is 61.1 Å². The lowest BCUT2D eigenvalue weighted by atomic mass is 10.1. The number of carboxylic acids is 1. The monoisotopic (exact) mass is 207 g/mol. The number of benzene rings is 1. The Labute approximate surface area is 85.9 Å². The molecule has 70 valence electrons. The number of nitriles is 1. The van der Waals surface area contributed by atoms with Crippen molar-refractivity contribution in [3.8, 4) is 6.07 Å². The predicted octanol–water partition coefficient (Wildman–Crippen LogP) is 2.57. The van der Waals surface area contributed by atoms with Crippen LogP contribution in [0.1, 0.15) is 15.9 Å². The lowest BCUT2D eigenvalue weighted by Crippen LogP contribution is -1.98. The van der Waals surface area contributed by atoms with Crippen LogP contribution in [0.15, 0.2) is 24.3 Å². The van der Waals surface area contributed by atoms with Crippen LogP contribution in [-0.4, -0.2) is 11.1 Å². The van der Waals surface area contributed by atoms with Crippen LogP contribution in [0.25, 0.3) is 6.08 Å². The van der Waals surface area contributed by atoms with Gasteiger partial charge in [-0.05, 0) is 23.8 Å². The van der Waals surface area contributed by atoms with Crippen LogP contribution in [0, 0.1) is 11.3 Å². The summed E-state index contributed by atoms with van der Waals surface area (Å²) in [6.45, 7) is 0. The molecule has 0 saturated heterocycles. The molecule has 0 atom stereocenters. The number of aromatic carboxylic acids is 1. The highest BCUT2D eigenvalue weighted by Gasteiger charge is 2.07. The van der Waals surface area contributed by atoms with Crippen LogP contribution in [0.4, 0.5) is 0 Å². The van der Waals surface area contributed by atoms with Gasteiger partial charge in [0.05, 0.1) is 11.6 Å². The molecule has 4 heteroatoms. The Bertz CT molecular complexity index is 432. The first kappa shape index (κ1) is 10.3. The van der Waals surface area contributed by atoms with Gasteiger partial charge < -0.3 is 5.11 Å². The maximum absolute atomic E-state index is 10.8. The largest absolute Gasteiger partial charge is 0.478 e. The number of hydrogen-bond acceptors (Lipinski definition) is 2. The highest BCUT2D eigenvalue weighted by molar-refractivity contribution is 6.31. The molecule has 3 nitrogen and oxygen atoms in total. The van der Waals surface area contributed by atoms with Crippen molar-refractivity contribution in [3.63, 3.8) is 0 Å². The molecule has 0 aliphatic heterocycles. The minimum absolute atomic E-state index is 0.0870. The van der Waals surface area contributed by atoms with E-state index in [0.717, 1.165) is 0 Å². The molecule has 0 unspecified atom stereocenters. The summed E-state index contributed by atoms with van der Waals surface area (Å²) in [6.07, 6.45) is 2.65. The minimum Gasteiger partial charge on any atom is -0.478 e. The van der Waals surface area contributed by atoms with Crippen LogP contribution in [0.2, 0.25) is 5.02 Å². The number of halogens is 1. The zero-order chi connectivity index (χ0) is 10.6. The van der Waals surface area contributed by atoms with Gasteiger partial charge in [0.15, 0.2) is 0 Å². The fraction of sp³-hybridized carbons (Fsp3) is 0. The van der Waals surface area contributed by atoms with E-state index in [1.807, 2.05) is 0 Å². The third-order valence-corrected chi connectivity index (χ3v) is 1.82. The fourth-order valence-electron chi connectivity index (χ4n) is 0.986. The lowest BCUT2D eigenvalue weighted by Gasteiger charge is -2.00. The Kier molecular flexibility index (Phi) is 3.27. The maximum Gasteiger partial charge on any atom is 0.336 e.